The molecule has 1 aromatic carbocycles. The lowest BCUT2D eigenvalue weighted by atomic mass is 10.1. The second kappa shape index (κ2) is 8.07. The molecular weight excluding hydrogens is 273 g/mol. The van der Waals surface area contributed by atoms with E-state index in [1.807, 2.05) is 0 Å². The molecule has 2 rings (SSSR count). The van der Waals surface area contributed by atoms with Crippen LogP contribution in [-0.2, 0) is 11.3 Å². The van der Waals surface area contributed by atoms with Crippen molar-refractivity contribution in [3.8, 4) is 0 Å². The standard InChI is InChI=1S/C15H22FN3O2/c16-14-3-2-12(15(17)20)10-13(14)11-18-4-1-5-19-6-8-21-9-7-19/h2-3,10,18H,1,4-9,11H2,(H2,17,20). The minimum Gasteiger partial charge on any atom is -0.379 e. The molecule has 3 N–H and O–H groups in total. The maximum atomic E-state index is 13.6. The van der Waals surface area contributed by atoms with E-state index in [0.29, 0.717) is 17.7 Å². The number of hydrogen-bond acceptors (Lipinski definition) is 4. The zero-order valence-electron chi connectivity index (χ0n) is 12.1. The molecule has 0 unspecified atom stereocenters. The van der Waals surface area contributed by atoms with Crippen molar-refractivity contribution in [1.82, 2.24) is 10.2 Å². The molecule has 6 heteroatoms. The molecule has 5 nitrogen and oxygen atoms in total. The first-order valence-electron chi connectivity index (χ1n) is 7.26. The first-order valence-corrected chi connectivity index (χ1v) is 7.26. The summed E-state index contributed by atoms with van der Waals surface area (Å²) in [6, 6.07) is 4.19. The van der Waals surface area contributed by atoms with Crippen LogP contribution in [0.15, 0.2) is 18.2 Å². The number of benzene rings is 1. The van der Waals surface area contributed by atoms with Gasteiger partial charge in [0.1, 0.15) is 5.82 Å². The molecular formula is C15H22FN3O2. The van der Waals surface area contributed by atoms with Gasteiger partial charge in [0.25, 0.3) is 0 Å². The molecule has 1 fully saturated rings. The summed E-state index contributed by atoms with van der Waals surface area (Å²) in [5.41, 5.74) is 6.00. The molecule has 116 valence electrons. The number of halogens is 1. The van der Waals surface area contributed by atoms with Crippen molar-refractivity contribution >= 4 is 5.91 Å². The third-order valence-electron chi connectivity index (χ3n) is 3.58. The molecule has 1 aliphatic rings. The van der Waals surface area contributed by atoms with Gasteiger partial charge < -0.3 is 15.8 Å². The van der Waals surface area contributed by atoms with Crippen LogP contribution in [0.4, 0.5) is 4.39 Å². The lowest BCUT2D eigenvalue weighted by Gasteiger charge is -2.26. The number of nitrogens with zero attached hydrogens (tertiary/aromatic N) is 1. The molecule has 1 amide bonds. The molecule has 0 atom stereocenters. The van der Waals surface area contributed by atoms with Crippen molar-refractivity contribution in [2.75, 3.05) is 39.4 Å². The highest BCUT2D eigenvalue weighted by molar-refractivity contribution is 5.92. The number of nitrogens with two attached hydrogens (primary N) is 1. The molecule has 0 aromatic heterocycles. The number of carbonyl (C=O) groups is 1. The predicted octanol–water partition coefficient (Wildman–Crippen LogP) is 0.737. The Morgan fingerprint density at radius 1 is 1.38 bits per heavy atom. The molecule has 1 aromatic rings. The van der Waals surface area contributed by atoms with Gasteiger partial charge in [0.15, 0.2) is 0 Å². The SMILES string of the molecule is NC(=O)c1ccc(F)c(CNCCCN2CCOCC2)c1. The van der Waals surface area contributed by atoms with Crippen LogP contribution in [0, 0.1) is 5.82 Å². The van der Waals surface area contributed by atoms with Crippen molar-refractivity contribution in [3.63, 3.8) is 0 Å². The fourth-order valence-electron chi connectivity index (χ4n) is 2.34. The minimum atomic E-state index is -0.538. The number of amides is 1. The normalized spacial score (nSPS) is 16.0. The van der Waals surface area contributed by atoms with Crippen LogP contribution >= 0.6 is 0 Å². The largest absolute Gasteiger partial charge is 0.379 e. The fraction of sp³-hybridized carbons (Fsp3) is 0.533. The van der Waals surface area contributed by atoms with E-state index in [1.54, 1.807) is 0 Å². The fourth-order valence-corrected chi connectivity index (χ4v) is 2.34. The number of ether oxygens (including phenoxy) is 1. The summed E-state index contributed by atoms with van der Waals surface area (Å²) in [6.45, 7) is 5.79. The Bertz CT molecular complexity index is 476. The van der Waals surface area contributed by atoms with Crippen molar-refractivity contribution in [3.05, 3.63) is 35.1 Å². The monoisotopic (exact) mass is 295 g/mol. The van der Waals surface area contributed by atoms with Gasteiger partial charge in [0.05, 0.1) is 13.2 Å². The summed E-state index contributed by atoms with van der Waals surface area (Å²) in [6.07, 6.45) is 0.997. The third-order valence-corrected chi connectivity index (χ3v) is 3.58. The number of nitrogens with one attached hydrogen (secondary N) is 1. The van der Waals surface area contributed by atoms with Crippen LogP contribution in [-0.4, -0.2) is 50.2 Å². The third kappa shape index (κ3) is 5.08. The van der Waals surface area contributed by atoms with Gasteiger partial charge in [0.2, 0.25) is 5.91 Å². The Labute approximate surface area is 124 Å². The van der Waals surface area contributed by atoms with Gasteiger partial charge in [-0.05, 0) is 37.7 Å². The van der Waals surface area contributed by atoms with Crippen LogP contribution in [0.1, 0.15) is 22.3 Å². The molecule has 1 heterocycles. The van der Waals surface area contributed by atoms with E-state index in [9.17, 15) is 9.18 Å². The summed E-state index contributed by atoms with van der Waals surface area (Å²) >= 11 is 0. The Balaban J connectivity index is 1.70. The molecule has 0 spiro atoms. The van der Waals surface area contributed by atoms with E-state index in [2.05, 4.69) is 10.2 Å². The molecule has 21 heavy (non-hydrogen) atoms. The van der Waals surface area contributed by atoms with Crippen LogP contribution in [0.3, 0.4) is 0 Å². The molecule has 0 aliphatic carbocycles. The Kier molecular flexibility index (Phi) is 6.10. The number of carbonyl (C=O) groups excluding carboxylic acids is 1. The van der Waals surface area contributed by atoms with Crippen molar-refractivity contribution in [1.29, 1.82) is 0 Å². The Hall–Kier alpha value is -1.50. The van der Waals surface area contributed by atoms with Crippen LogP contribution in [0.25, 0.3) is 0 Å². The average Bonchev–Trinajstić information content (AvgIpc) is 2.49. The summed E-state index contributed by atoms with van der Waals surface area (Å²) in [5, 5.41) is 3.20. The summed E-state index contributed by atoms with van der Waals surface area (Å²) in [5.74, 6) is -0.857. The minimum absolute atomic E-state index is 0.319. The maximum absolute atomic E-state index is 13.6. The Morgan fingerprint density at radius 2 is 2.14 bits per heavy atom. The Morgan fingerprint density at radius 3 is 2.86 bits per heavy atom. The smallest absolute Gasteiger partial charge is 0.248 e. The lowest BCUT2D eigenvalue weighted by molar-refractivity contribution is 0.0374. The van der Waals surface area contributed by atoms with Crippen molar-refractivity contribution in [2.45, 2.75) is 13.0 Å². The molecule has 0 radical (unpaired) electrons. The maximum Gasteiger partial charge on any atom is 0.248 e. The quantitative estimate of drug-likeness (QED) is 0.728. The van der Waals surface area contributed by atoms with Gasteiger partial charge in [-0.3, -0.25) is 9.69 Å². The highest BCUT2D eigenvalue weighted by Crippen LogP contribution is 2.10. The van der Waals surface area contributed by atoms with Crippen LogP contribution in [0.2, 0.25) is 0 Å². The summed E-state index contributed by atoms with van der Waals surface area (Å²) in [7, 11) is 0. The highest BCUT2D eigenvalue weighted by atomic mass is 19.1. The van der Waals surface area contributed by atoms with E-state index < -0.39 is 5.91 Å². The molecule has 1 saturated heterocycles. The van der Waals surface area contributed by atoms with E-state index in [-0.39, 0.29) is 5.82 Å². The van der Waals surface area contributed by atoms with E-state index in [0.717, 1.165) is 45.8 Å². The zero-order chi connectivity index (χ0) is 15.1. The lowest BCUT2D eigenvalue weighted by Crippen LogP contribution is -2.37. The predicted molar refractivity (Wildman–Crippen MR) is 78.5 cm³/mol. The van der Waals surface area contributed by atoms with Gasteiger partial charge in [-0.25, -0.2) is 4.39 Å². The topological polar surface area (TPSA) is 67.6 Å². The van der Waals surface area contributed by atoms with Crippen molar-refractivity contribution in [2.24, 2.45) is 5.73 Å². The first-order chi connectivity index (χ1) is 10.2. The van der Waals surface area contributed by atoms with Crippen LogP contribution < -0.4 is 11.1 Å². The van der Waals surface area contributed by atoms with Gasteiger partial charge >= 0.3 is 0 Å². The highest BCUT2D eigenvalue weighted by Gasteiger charge is 2.09. The summed E-state index contributed by atoms with van der Waals surface area (Å²) < 4.78 is 18.9. The average molecular weight is 295 g/mol. The van der Waals surface area contributed by atoms with Crippen molar-refractivity contribution < 1.29 is 13.9 Å². The van der Waals surface area contributed by atoms with E-state index in [1.165, 1.54) is 18.2 Å². The van der Waals surface area contributed by atoms with Gasteiger partial charge in [0, 0.05) is 30.8 Å². The molecule has 0 saturated carbocycles. The number of morpholine rings is 1. The number of primary amides is 1. The first kappa shape index (κ1) is 15.9. The molecule has 0 bridgehead atoms. The molecule has 1 aliphatic heterocycles. The number of rotatable bonds is 7. The zero-order valence-corrected chi connectivity index (χ0v) is 12.1. The second-order valence-electron chi connectivity index (χ2n) is 5.15. The van der Waals surface area contributed by atoms with Crippen LogP contribution in [0.5, 0.6) is 0 Å². The van der Waals surface area contributed by atoms with Gasteiger partial charge in [-0.15, -0.1) is 0 Å². The van der Waals surface area contributed by atoms with Gasteiger partial charge in [-0.2, -0.15) is 0 Å². The van der Waals surface area contributed by atoms with Gasteiger partial charge in [-0.1, -0.05) is 0 Å². The van der Waals surface area contributed by atoms with E-state index in [4.69, 9.17) is 10.5 Å². The summed E-state index contributed by atoms with van der Waals surface area (Å²) in [4.78, 5) is 13.4. The second-order valence-corrected chi connectivity index (χ2v) is 5.15. The van der Waals surface area contributed by atoms with E-state index >= 15 is 0 Å². The number of hydrogen-bond donors (Lipinski definition) is 2.